The third-order valence-corrected chi connectivity index (χ3v) is 4.86. The van der Waals surface area contributed by atoms with Gasteiger partial charge in [0.15, 0.2) is 0 Å². The Morgan fingerprint density at radius 3 is 2.90 bits per heavy atom. The lowest BCUT2D eigenvalue weighted by Gasteiger charge is -2.21. The smallest absolute Gasteiger partial charge is 0.230 e. The van der Waals surface area contributed by atoms with Crippen LogP contribution in [0.25, 0.3) is 0 Å². The number of hydrogen-bond acceptors (Lipinski definition) is 3. The highest BCUT2D eigenvalue weighted by Crippen LogP contribution is 2.27. The van der Waals surface area contributed by atoms with Gasteiger partial charge in [-0.05, 0) is 55.9 Å². The molecule has 1 unspecified atom stereocenters. The third kappa shape index (κ3) is 4.25. The van der Waals surface area contributed by atoms with E-state index >= 15 is 0 Å². The van der Waals surface area contributed by atoms with Crippen molar-refractivity contribution in [1.29, 1.82) is 0 Å². The van der Waals surface area contributed by atoms with Crippen LogP contribution in [0.5, 0.6) is 0 Å². The number of benzene rings is 1. The fourth-order valence-electron chi connectivity index (χ4n) is 2.25. The minimum absolute atomic E-state index is 0.0239. The fourth-order valence-corrected chi connectivity index (χ4v) is 3.04. The topological polar surface area (TPSA) is 49.3 Å². The maximum absolute atomic E-state index is 11.8. The normalized spacial score (nSPS) is 16.6. The first-order chi connectivity index (χ1) is 9.50. The molecule has 110 valence electrons. The second-order valence-corrected chi connectivity index (χ2v) is 6.75. The lowest BCUT2D eigenvalue weighted by molar-refractivity contribution is -0.119. The molecule has 0 fully saturated rings. The largest absolute Gasteiger partial charge is 0.388 e. The van der Waals surface area contributed by atoms with E-state index < -0.39 is 5.60 Å². The quantitative estimate of drug-likeness (QED) is 0.793. The summed E-state index contributed by atoms with van der Waals surface area (Å²) < 4.78 is 0. The van der Waals surface area contributed by atoms with Crippen LogP contribution < -0.4 is 5.32 Å². The van der Waals surface area contributed by atoms with Crippen molar-refractivity contribution in [2.24, 2.45) is 0 Å². The summed E-state index contributed by atoms with van der Waals surface area (Å²) in [6.45, 7) is 3.96. The molecule has 1 atom stereocenters. The molecular weight excluding hydrogens is 270 g/mol. The molecule has 0 heterocycles. The van der Waals surface area contributed by atoms with Gasteiger partial charge >= 0.3 is 0 Å². The predicted molar refractivity (Wildman–Crippen MR) is 83.1 cm³/mol. The summed E-state index contributed by atoms with van der Waals surface area (Å²) in [7, 11) is 0. The van der Waals surface area contributed by atoms with Crippen LogP contribution in [-0.2, 0) is 17.6 Å². The Bertz CT molecular complexity index is 485. The van der Waals surface area contributed by atoms with Crippen LogP contribution in [0, 0.1) is 0 Å². The molecule has 3 nitrogen and oxygen atoms in total. The van der Waals surface area contributed by atoms with E-state index in [1.807, 2.05) is 6.92 Å². The molecule has 4 heteroatoms. The second kappa shape index (κ2) is 6.64. The van der Waals surface area contributed by atoms with Gasteiger partial charge in [-0.2, -0.15) is 0 Å². The van der Waals surface area contributed by atoms with Gasteiger partial charge in [0, 0.05) is 11.4 Å². The van der Waals surface area contributed by atoms with E-state index in [-0.39, 0.29) is 5.91 Å². The first kappa shape index (κ1) is 15.4. The van der Waals surface area contributed by atoms with Crippen molar-refractivity contribution >= 4 is 17.7 Å². The SMILES string of the molecule is CCC(C)(O)CNC(=O)CSc1ccc2c(c1)CCC2. The number of carbonyl (C=O) groups excluding carboxylic acids is 1. The average molecular weight is 293 g/mol. The van der Waals surface area contributed by atoms with Gasteiger partial charge in [0.1, 0.15) is 0 Å². The van der Waals surface area contributed by atoms with E-state index in [0.717, 1.165) is 11.3 Å². The molecule has 20 heavy (non-hydrogen) atoms. The Morgan fingerprint density at radius 1 is 1.40 bits per heavy atom. The first-order valence-corrected chi connectivity index (χ1v) is 8.22. The molecule has 0 aromatic heterocycles. The van der Waals surface area contributed by atoms with Crippen LogP contribution in [0.2, 0.25) is 0 Å². The summed E-state index contributed by atoms with van der Waals surface area (Å²) in [4.78, 5) is 12.9. The standard InChI is InChI=1S/C16H23NO2S/c1-3-16(2,19)11-17-15(18)10-20-14-8-7-12-5-4-6-13(12)9-14/h7-9,19H,3-6,10-11H2,1-2H3,(H,17,18). The molecule has 0 bridgehead atoms. The number of aryl methyl sites for hydroxylation is 2. The number of rotatable bonds is 6. The molecular formula is C16H23NO2S. The van der Waals surface area contributed by atoms with Crippen molar-refractivity contribution in [2.75, 3.05) is 12.3 Å². The maximum atomic E-state index is 11.8. The van der Waals surface area contributed by atoms with Crippen LogP contribution in [0.3, 0.4) is 0 Å². The van der Waals surface area contributed by atoms with Crippen molar-refractivity contribution < 1.29 is 9.90 Å². The van der Waals surface area contributed by atoms with Crippen molar-refractivity contribution in [3.05, 3.63) is 29.3 Å². The number of fused-ring (bicyclic) bond motifs is 1. The van der Waals surface area contributed by atoms with Gasteiger partial charge in [0.25, 0.3) is 0 Å². The van der Waals surface area contributed by atoms with Crippen LogP contribution in [-0.4, -0.2) is 28.9 Å². The van der Waals surface area contributed by atoms with Gasteiger partial charge in [-0.3, -0.25) is 4.79 Å². The lowest BCUT2D eigenvalue weighted by Crippen LogP contribution is -2.40. The summed E-state index contributed by atoms with van der Waals surface area (Å²) in [6.07, 6.45) is 4.23. The molecule has 1 aliphatic rings. The van der Waals surface area contributed by atoms with Crippen LogP contribution in [0.4, 0.5) is 0 Å². The Kier molecular flexibility index (Phi) is 5.11. The molecule has 0 saturated heterocycles. The number of nitrogens with one attached hydrogen (secondary N) is 1. The molecule has 2 rings (SSSR count). The summed E-state index contributed by atoms with van der Waals surface area (Å²) in [5.74, 6) is 0.378. The molecule has 1 aliphatic carbocycles. The average Bonchev–Trinajstić information content (AvgIpc) is 2.90. The van der Waals surface area contributed by atoms with E-state index in [4.69, 9.17) is 0 Å². The zero-order valence-corrected chi connectivity index (χ0v) is 13.1. The van der Waals surface area contributed by atoms with E-state index in [9.17, 15) is 9.90 Å². The number of thioether (sulfide) groups is 1. The minimum atomic E-state index is -0.812. The van der Waals surface area contributed by atoms with E-state index in [0.29, 0.717) is 18.7 Å². The van der Waals surface area contributed by atoms with E-state index in [2.05, 4.69) is 23.5 Å². The highest BCUT2D eigenvalue weighted by molar-refractivity contribution is 8.00. The highest BCUT2D eigenvalue weighted by Gasteiger charge is 2.18. The van der Waals surface area contributed by atoms with Gasteiger partial charge in [-0.25, -0.2) is 0 Å². The monoisotopic (exact) mass is 293 g/mol. The van der Waals surface area contributed by atoms with Crippen LogP contribution in [0.15, 0.2) is 23.1 Å². The second-order valence-electron chi connectivity index (χ2n) is 5.70. The molecule has 0 spiro atoms. The van der Waals surface area contributed by atoms with Crippen LogP contribution >= 0.6 is 11.8 Å². The zero-order valence-electron chi connectivity index (χ0n) is 12.2. The Balaban J connectivity index is 1.79. The van der Waals surface area contributed by atoms with Gasteiger partial charge in [-0.1, -0.05) is 13.0 Å². The summed E-state index contributed by atoms with van der Waals surface area (Å²) in [6, 6.07) is 6.50. The third-order valence-electron chi connectivity index (χ3n) is 3.87. The first-order valence-electron chi connectivity index (χ1n) is 7.24. The van der Waals surface area contributed by atoms with Gasteiger partial charge in [-0.15, -0.1) is 11.8 Å². The van der Waals surface area contributed by atoms with Crippen molar-refractivity contribution in [1.82, 2.24) is 5.32 Å². The van der Waals surface area contributed by atoms with Gasteiger partial charge in [0.05, 0.1) is 11.4 Å². The summed E-state index contributed by atoms with van der Waals surface area (Å²) >= 11 is 1.56. The lowest BCUT2D eigenvalue weighted by atomic mass is 10.0. The Labute approximate surface area is 125 Å². The van der Waals surface area contributed by atoms with Crippen molar-refractivity contribution in [3.63, 3.8) is 0 Å². The molecule has 0 saturated carbocycles. The highest BCUT2D eigenvalue weighted by atomic mass is 32.2. The van der Waals surface area contributed by atoms with E-state index in [1.165, 1.54) is 24.0 Å². The summed E-state index contributed by atoms with van der Waals surface area (Å²) in [5, 5.41) is 12.6. The minimum Gasteiger partial charge on any atom is -0.388 e. The molecule has 2 N–H and O–H groups in total. The fraction of sp³-hybridized carbons (Fsp3) is 0.562. The number of aliphatic hydroxyl groups is 1. The molecule has 1 amide bonds. The summed E-state index contributed by atoms with van der Waals surface area (Å²) in [5.41, 5.74) is 2.08. The maximum Gasteiger partial charge on any atom is 0.230 e. The predicted octanol–water partition coefficient (Wildman–Crippen LogP) is 2.54. The number of amides is 1. The Morgan fingerprint density at radius 2 is 2.15 bits per heavy atom. The van der Waals surface area contributed by atoms with Crippen molar-refractivity contribution in [3.8, 4) is 0 Å². The molecule has 0 radical (unpaired) electrons. The van der Waals surface area contributed by atoms with Gasteiger partial charge < -0.3 is 10.4 Å². The number of carbonyl (C=O) groups is 1. The molecule has 1 aromatic carbocycles. The zero-order chi connectivity index (χ0) is 14.6. The van der Waals surface area contributed by atoms with Crippen molar-refractivity contribution in [2.45, 2.75) is 50.0 Å². The molecule has 1 aromatic rings. The van der Waals surface area contributed by atoms with Crippen LogP contribution in [0.1, 0.15) is 37.8 Å². The van der Waals surface area contributed by atoms with E-state index in [1.54, 1.807) is 18.7 Å². The van der Waals surface area contributed by atoms with Gasteiger partial charge in [0.2, 0.25) is 5.91 Å². The number of hydrogen-bond donors (Lipinski definition) is 2. The Hall–Kier alpha value is -1.00. The molecule has 0 aliphatic heterocycles.